The summed E-state index contributed by atoms with van der Waals surface area (Å²) >= 11 is 0. The van der Waals surface area contributed by atoms with Gasteiger partial charge in [0.1, 0.15) is 0 Å². The third-order valence-corrected chi connectivity index (χ3v) is 0.220. The molecule has 0 aliphatic heterocycles. The van der Waals surface area contributed by atoms with E-state index in [0.29, 0.717) is 0 Å². The van der Waals surface area contributed by atoms with Crippen LogP contribution < -0.4 is 5.73 Å². The van der Waals surface area contributed by atoms with Crippen LogP contribution in [0, 0.1) is 6.29 Å². The van der Waals surface area contributed by atoms with Crippen molar-refractivity contribution in [1.29, 1.82) is 0 Å². The maximum atomic E-state index is 9.38. The number of hydrogen-bond acceptors (Lipinski definition) is 3. The number of carbonyl (C=O) groups is 1. The number of aliphatic hydroxyl groups excluding tert-OH is 1. The van der Waals surface area contributed by atoms with Gasteiger partial charge in [0.25, 0.3) is 5.91 Å². The summed E-state index contributed by atoms with van der Waals surface area (Å²) in [5.41, 5.74) is 4.26. The van der Waals surface area contributed by atoms with Gasteiger partial charge in [0.15, 0.2) is 0 Å². The van der Waals surface area contributed by atoms with E-state index in [9.17, 15) is 4.79 Å². The molecule has 0 unspecified atom stereocenters. The zero-order valence-electron chi connectivity index (χ0n) is 2.88. The van der Waals surface area contributed by atoms with Gasteiger partial charge >= 0.3 is 6.29 Å². The molecule has 0 aromatic rings. The molecule has 0 atom stereocenters. The average Bonchev–Trinajstić information content (AvgIpc) is 1.36. The summed E-state index contributed by atoms with van der Waals surface area (Å²) in [7, 11) is 0. The number of carbonyl (C=O) groups excluding carboxylic acids is 1. The summed E-state index contributed by atoms with van der Waals surface area (Å²) in [5, 5.41) is 15.3. The Morgan fingerprint density at radius 3 is 1.67 bits per heavy atom. The van der Waals surface area contributed by atoms with Crippen LogP contribution in [-0.2, 0) is 4.79 Å². The highest BCUT2D eigenvalue weighted by Gasteiger charge is 2.04. The molecule has 4 heteroatoms. The zero-order chi connectivity index (χ0) is 5.15. The predicted octanol–water partition coefficient (Wildman–Crippen LogP) is -1.29. The van der Waals surface area contributed by atoms with Crippen molar-refractivity contribution in [3.05, 3.63) is 6.29 Å². The number of hydrogen-bond donors (Lipinski definition) is 3. The van der Waals surface area contributed by atoms with E-state index in [1.165, 1.54) is 0 Å². The molecule has 1 amide bonds. The van der Waals surface area contributed by atoms with E-state index < -0.39 is 12.2 Å². The summed E-state index contributed by atoms with van der Waals surface area (Å²) < 4.78 is 0. The van der Waals surface area contributed by atoms with Crippen LogP contribution in [0.5, 0.6) is 0 Å². The molecule has 0 bridgehead atoms. The number of amides is 1. The first-order chi connectivity index (χ1) is 2.64. The van der Waals surface area contributed by atoms with Gasteiger partial charge in [0.2, 0.25) is 0 Å². The molecule has 35 valence electrons. The van der Waals surface area contributed by atoms with Crippen LogP contribution in [0.2, 0.25) is 0 Å². The summed E-state index contributed by atoms with van der Waals surface area (Å²) in [6, 6.07) is 0. The minimum atomic E-state index is -1.35. The van der Waals surface area contributed by atoms with Crippen LogP contribution in [0.3, 0.4) is 0 Å². The Kier molecular flexibility index (Phi) is 1.56. The van der Waals surface area contributed by atoms with E-state index in [4.69, 9.17) is 10.2 Å². The van der Waals surface area contributed by atoms with Gasteiger partial charge < -0.3 is 15.9 Å². The Morgan fingerprint density at radius 1 is 1.50 bits per heavy atom. The molecule has 0 fully saturated rings. The molecular weight excluding hydrogens is 86.0 g/mol. The maximum Gasteiger partial charge on any atom is 0.310 e. The van der Waals surface area contributed by atoms with E-state index in [0.717, 1.165) is 0 Å². The van der Waals surface area contributed by atoms with Crippen LogP contribution in [0.1, 0.15) is 0 Å². The molecule has 0 aromatic carbocycles. The first-order valence-electron chi connectivity index (χ1n) is 1.19. The minimum Gasteiger partial charge on any atom is -0.365 e. The van der Waals surface area contributed by atoms with Crippen LogP contribution >= 0.6 is 0 Å². The van der Waals surface area contributed by atoms with Crippen molar-refractivity contribution >= 4 is 5.91 Å². The highest BCUT2D eigenvalue weighted by Crippen LogP contribution is 1.76. The molecule has 0 heterocycles. The highest BCUT2D eigenvalue weighted by atomic mass is 16.5. The summed E-state index contributed by atoms with van der Waals surface area (Å²) in [6.07, 6.45) is -1.35. The smallest absolute Gasteiger partial charge is 0.310 e. The fourth-order valence-electron chi connectivity index (χ4n) is 0. The molecule has 4 nitrogen and oxygen atoms in total. The van der Waals surface area contributed by atoms with E-state index in [1.54, 1.807) is 0 Å². The predicted molar refractivity (Wildman–Crippen MR) is 16.3 cm³/mol. The Bertz CT molecular complexity index is 59.8. The Balaban J connectivity index is 3.26. The molecular formula is C2H4NO3. The molecule has 0 spiro atoms. The Hall–Kier alpha value is -0.610. The molecule has 0 aromatic heterocycles. The molecule has 1 radical (unpaired) electrons. The molecule has 0 rings (SSSR count). The summed E-state index contributed by atoms with van der Waals surface area (Å²) in [6.45, 7) is 0. The normalized spacial score (nSPS) is 9.17. The zero-order valence-corrected chi connectivity index (χ0v) is 2.88. The van der Waals surface area contributed by atoms with Crippen LogP contribution in [-0.4, -0.2) is 16.1 Å². The van der Waals surface area contributed by atoms with Gasteiger partial charge in [-0.15, -0.1) is 0 Å². The fourth-order valence-corrected chi connectivity index (χ4v) is 0. The standard InChI is InChI=1S/C2H4NO3/c3-1(4)2(5)6/h5-6H,(H2,3,4). The van der Waals surface area contributed by atoms with E-state index in [1.807, 2.05) is 0 Å². The minimum absolute atomic E-state index is 1.21. The monoisotopic (exact) mass is 90.0 g/mol. The summed E-state index contributed by atoms with van der Waals surface area (Å²) in [5.74, 6) is -1.21. The maximum absolute atomic E-state index is 9.38. The van der Waals surface area contributed by atoms with Crippen molar-refractivity contribution in [3.63, 3.8) is 0 Å². The lowest BCUT2D eigenvalue weighted by Gasteiger charge is -1.87. The largest absolute Gasteiger partial charge is 0.365 e. The van der Waals surface area contributed by atoms with Gasteiger partial charge in [-0.05, 0) is 0 Å². The number of rotatable bonds is 1. The molecule has 0 aliphatic rings. The second-order valence-corrected chi connectivity index (χ2v) is 0.688. The van der Waals surface area contributed by atoms with E-state index in [2.05, 4.69) is 5.73 Å². The highest BCUT2D eigenvalue weighted by molar-refractivity contribution is 5.83. The van der Waals surface area contributed by atoms with Crippen molar-refractivity contribution in [2.24, 2.45) is 5.73 Å². The molecule has 6 heavy (non-hydrogen) atoms. The van der Waals surface area contributed by atoms with Gasteiger partial charge in [0, 0.05) is 0 Å². The molecule has 4 N–H and O–H groups in total. The van der Waals surface area contributed by atoms with Crippen molar-refractivity contribution in [3.8, 4) is 0 Å². The second-order valence-electron chi connectivity index (χ2n) is 0.688. The Morgan fingerprint density at radius 2 is 1.67 bits per heavy atom. The van der Waals surface area contributed by atoms with Crippen molar-refractivity contribution < 1.29 is 15.0 Å². The van der Waals surface area contributed by atoms with Gasteiger partial charge in [0.05, 0.1) is 0 Å². The number of nitrogens with two attached hydrogens (primary N) is 1. The van der Waals surface area contributed by atoms with Gasteiger partial charge in [-0.25, -0.2) is 0 Å². The summed E-state index contributed by atoms with van der Waals surface area (Å²) in [4.78, 5) is 9.38. The van der Waals surface area contributed by atoms with Crippen LogP contribution in [0.4, 0.5) is 0 Å². The van der Waals surface area contributed by atoms with Crippen molar-refractivity contribution in [1.82, 2.24) is 0 Å². The first kappa shape index (κ1) is 5.39. The lowest BCUT2D eigenvalue weighted by Crippen LogP contribution is -2.19. The fraction of sp³-hybridized carbons (Fsp3) is 0. The molecule has 0 saturated carbocycles. The van der Waals surface area contributed by atoms with Crippen molar-refractivity contribution in [2.75, 3.05) is 0 Å². The third kappa shape index (κ3) is 1.68. The van der Waals surface area contributed by atoms with E-state index in [-0.39, 0.29) is 0 Å². The number of primary amides is 1. The van der Waals surface area contributed by atoms with Gasteiger partial charge in [-0.3, -0.25) is 4.79 Å². The van der Waals surface area contributed by atoms with Gasteiger partial charge in [-0.2, -0.15) is 0 Å². The van der Waals surface area contributed by atoms with Crippen molar-refractivity contribution in [2.45, 2.75) is 0 Å². The third-order valence-electron chi connectivity index (χ3n) is 0.220. The van der Waals surface area contributed by atoms with E-state index >= 15 is 0 Å². The number of aliphatic hydroxyl groups is 2. The quantitative estimate of drug-likeness (QED) is 0.374. The topological polar surface area (TPSA) is 83.6 Å². The first-order valence-corrected chi connectivity index (χ1v) is 1.19. The van der Waals surface area contributed by atoms with Crippen LogP contribution in [0.25, 0.3) is 0 Å². The lowest BCUT2D eigenvalue weighted by atomic mass is 10.6. The Labute approximate surface area is 34.2 Å². The van der Waals surface area contributed by atoms with Crippen LogP contribution in [0.15, 0.2) is 0 Å². The van der Waals surface area contributed by atoms with Gasteiger partial charge in [-0.1, -0.05) is 0 Å². The second kappa shape index (κ2) is 1.74. The average molecular weight is 90.1 g/mol. The lowest BCUT2D eigenvalue weighted by molar-refractivity contribution is -0.127. The molecule has 0 aliphatic carbocycles. The molecule has 0 saturated heterocycles. The SMILES string of the molecule is NC(=O)[C](O)O.